The molecule has 0 fully saturated rings. The van der Waals surface area contributed by atoms with E-state index < -0.39 is 0 Å². The van der Waals surface area contributed by atoms with Crippen LogP contribution < -0.4 is 10.1 Å². The van der Waals surface area contributed by atoms with Gasteiger partial charge in [-0.25, -0.2) is 0 Å². The van der Waals surface area contributed by atoms with E-state index in [1.165, 1.54) is 0 Å². The lowest BCUT2D eigenvalue weighted by atomic mass is 10.2. The van der Waals surface area contributed by atoms with Crippen LogP contribution in [-0.2, 0) is 6.54 Å². The molecule has 0 aliphatic carbocycles. The van der Waals surface area contributed by atoms with Gasteiger partial charge in [-0.05, 0) is 29.8 Å². The van der Waals surface area contributed by atoms with Crippen LogP contribution in [0, 0.1) is 0 Å². The summed E-state index contributed by atoms with van der Waals surface area (Å²) in [4.78, 5) is 4.44. The molecule has 3 rings (SSSR count). The molecule has 1 heterocycles. The van der Waals surface area contributed by atoms with E-state index in [1.807, 2.05) is 72.8 Å². The van der Waals surface area contributed by atoms with E-state index in [9.17, 15) is 0 Å². The van der Waals surface area contributed by atoms with E-state index >= 15 is 0 Å². The van der Waals surface area contributed by atoms with Gasteiger partial charge in [-0.3, -0.25) is 0 Å². The van der Waals surface area contributed by atoms with Crippen LogP contribution in [0.4, 0.5) is 5.82 Å². The van der Waals surface area contributed by atoms with E-state index in [-0.39, 0.29) is 0 Å². The summed E-state index contributed by atoms with van der Waals surface area (Å²) in [5, 5.41) is 3.99. The molecule has 0 radical (unpaired) electrons. The van der Waals surface area contributed by atoms with E-state index in [4.69, 9.17) is 16.3 Å². The van der Waals surface area contributed by atoms with Gasteiger partial charge < -0.3 is 10.1 Å². The zero-order valence-electron chi connectivity index (χ0n) is 11.9. The lowest BCUT2D eigenvalue weighted by molar-refractivity contribution is 0.463. The Hall–Kier alpha value is -2.52. The van der Waals surface area contributed by atoms with E-state index in [2.05, 4.69) is 10.3 Å². The number of hydrogen-bond acceptors (Lipinski definition) is 3. The molecule has 1 aromatic heterocycles. The van der Waals surface area contributed by atoms with Crippen molar-refractivity contribution in [1.82, 2.24) is 4.98 Å². The van der Waals surface area contributed by atoms with Crippen LogP contribution in [-0.4, -0.2) is 4.98 Å². The van der Waals surface area contributed by atoms with Crippen molar-refractivity contribution in [2.24, 2.45) is 0 Å². The zero-order valence-corrected chi connectivity index (χ0v) is 12.6. The first-order valence-electron chi connectivity index (χ1n) is 6.98. The molecule has 0 saturated carbocycles. The van der Waals surface area contributed by atoms with Crippen LogP contribution in [0.2, 0.25) is 5.02 Å². The molecule has 3 aromatic rings. The molecule has 0 saturated heterocycles. The largest absolute Gasteiger partial charge is 0.439 e. The van der Waals surface area contributed by atoms with Gasteiger partial charge in [0, 0.05) is 17.6 Å². The fourth-order valence-electron chi connectivity index (χ4n) is 2.01. The third kappa shape index (κ3) is 3.77. The van der Waals surface area contributed by atoms with E-state index in [0.717, 1.165) is 22.2 Å². The van der Waals surface area contributed by atoms with Crippen LogP contribution in [0.25, 0.3) is 0 Å². The Morgan fingerprint density at radius 2 is 1.64 bits per heavy atom. The number of aromatic nitrogens is 1. The highest BCUT2D eigenvalue weighted by molar-refractivity contribution is 6.31. The van der Waals surface area contributed by atoms with Gasteiger partial charge in [0.1, 0.15) is 11.6 Å². The number of ether oxygens (including phenoxy) is 1. The molecule has 0 unspecified atom stereocenters. The Morgan fingerprint density at radius 1 is 0.864 bits per heavy atom. The van der Waals surface area contributed by atoms with Crippen molar-refractivity contribution in [2.45, 2.75) is 6.54 Å². The highest BCUT2D eigenvalue weighted by Crippen LogP contribution is 2.21. The first-order chi connectivity index (χ1) is 10.8. The maximum atomic E-state index is 6.14. The van der Waals surface area contributed by atoms with Crippen molar-refractivity contribution >= 4 is 17.4 Å². The number of nitrogens with one attached hydrogen (secondary N) is 1. The summed E-state index contributed by atoms with van der Waals surface area (Å²) >= 11 is 6.14. The van der Waals surface area contributed by atoms with Crippen molar-refractivity contribution < 1.29 is 4.74 Å². The van der Waals surface area contributed by atoms with Crippen molar-refractivity contribution in [3.8, 4) is 11.6 Å². The maximum Gasteiger partial charge on any atom is 0.221 e. The number of anilines is 1. The summed E-state index contributed by atoms with van der Waals surface area (Å²) < 4.78 is 5.72. The summed E-state index contributed by atoms with van der Waals surface area (Å²) in [6, 6.07) is 23.0. The molecule has 0 aliphatic rings. The fraction of sp³-hybridized carbons (Fsp3) is 0.0556. The minimum atomic E-state index is 0.551. The summed E-state index contributed by atoms with van der Waals surface area (Å²) in [5.74, 6) is 2.06. The first-order valence-corrected chi connectivity index (χ1v) is 7.36. The Balaban J connectivity index is 1.68. The molecule has 22 heavy (non-hydrogen) atoms. The molecule has 3 nitrogen and oxygen atoms in total. The highest BCUT2D eigenvalue weighted by atomic mass is 35.5. The van der Waals surface area contributed by atoms with Crippen LogP contribution >= 0.6 is 11.6 Å². The predicted molar refractivity (Wildman–Crippen MR) is 89.5 cm³/mol. The monoisotopic (exact) mass is 310 g/mol. The van der Waals surface area contributed by atoms with Gasteiger partial charge in [0.25, 0.3) is 0 Å². The summed E-state index contributed by atoms with van der Waals surface area (Å²) in [6.45, 7) is 0.613. The summed E-state index contributed by atoms with van der Waals surface area (Å²) in [7, 11) is 0. The normalized spacial score (nSPS) is 10.2. The first kappa shape index (κ1) is 14.4. The Morgan fingerprint density at radius 3 is 2.45 bits per heavy atom. The molecule has 0 spiro atoms. The molecule has 2 aromatic carbocycles. The molecular formula is C18H15ClN2O. The average Bonchev–Trinajstić information content (AvgIpc) is 2.55. The third-order valence-corrected chi connectivity index (χ3v) is 3.48. The highest BCUT2D eigenvalue weighted by Gasteiger charge is 2.02. The van der Waals surface area contributed by atoms with Crippen molar-refractivity contribution in [1.29, 1.82) is 0 Å². The van der Waals surface area contributed by atoms with E-state index in [0.29, 0.717) is 12.4 Å². The van der Waals surface area contributed by atoms with Crippen molar-refractivity contribution in [3.63, 3.8) is 0 Å². The van der Waals surface area contributed by atoms with E-state index in [1.54, 1.807) is 0 Å². The van der Waals surface area contributed by atoms with Crippen molar-refractivity contribution in [2.75, 3.05) is 5.32 Å². The second-order valence-corrected chi connectivity index (χ2v) is 5.13. The van der Waals surface area contributed by atoms with Gasteiger partial charge in [0.2, 0.25) is 5.88 Å². The zero-order chi connectivity index (χ0) is 15.2. The van der Waals surface area contributed by atoms with Crippen LogP contribution in [0.3, 0.4) is 0 Å². The van der Waals surface area contributed by atoms with Crippen LogP contribution in [0.1, 0.15) is 5.56 Å². The standard InChI is InChI=1S/C18H15ClN2O/c19-16-10-5-4-7-14(16)13-20-17-11-6-12-18(21-17)22-15-8-2-1-3-9-15/h1-12H,13H2,(H,20,21). The molecule has 0 aliphatic heterocycles. The Bertz CT molecular complexity index is 747. The topological polar surface area (TPSA) is 34.1 Å². The van der Waals surface area contributed by atoms with Gasteiger partial charge in [-0.1, -0.05) is 54.1 Å². The number of halogens is 1. The Labute approximate surface area is 134 Å². The van der Waals surface area contributed by atoms with Gasteiger partial charge in [-0.15, -0.1) is 0 Å². The number of rotatable bonds is 5. The summed E-state index contributed by atoms with van der Waals surface area (Å²) in [6.07, 6.45) is 0. The molecule has 0 amide bonds. The van der Waals surface area contributed by atoms with Crippen LogP contribution in [0.15, 0.2) is 72.8 Å². The molecule has 4 heteroatoms. The molecule has 1 N–H and O–H groups in total. The Kier molecular flexibility index (Phi) is 4.56. The number of pyridine rings is 1. The number of para-hydroxylation sites is 1. The van der Waals surface area contributed by atoms with Gasteiger partial charge >= 0.3 is 0 Å². The third-order valence-electron chi connectivity index (χ3n) is 3.11. The number of nitrogens with zero attached hydrogens (tertiary/aromatic N) is 1. The predicted octanol–water partition coefficient (Wildman–Crippen LogP) is 5.14. The van der Waals surface area contributed by atoms with Gasteiger partial charge in [-0.2, -0.15) is 4.98 Å². The van der Waals surface area contributed by atoms with Crippen molar-refractivity contribution in [3.05, 3.63) is 83.4 Å². The lowest BCUT2D eigenvalue weighted by Gasteiger charge is -2.09. The molecular weight excluding hydrogens is 296 g/mol. The quantitative estimate of drug-likeness (QED) is 0.708. The minimum absolute atomic E-state index is 0.551. The summed E-state index contributed by atoms with van der Waals surface area (Å²) in [5.41, 5.74) is 1.03. The molecule has 0 atom stereocenters. The average molecular weight is 311 g/mol. The van der Waals surface area contributed by atoms with Crippen LogP contribution in [0.5, 0.6) is 11.6 Å². The maximum absolute atomic E-state index is 6.14. The van der Waals surface area contributed by atoms with Gasteiger partial charge in [0.05, 0.1) is 0 Å². The fourth-order valence-corrected chi connectivity index (χ4v) is 2.21. The second kappa shape index (κ2) is 6.96. The smallest absolute Gasteiger partial charge is 0.221 e. The molecule has 110 valence electrons. The number of hydrogen-bond donors (Lipinski definition) is 1. The minimum Gasteiger partial charge on any atom is -0.439 e. The molecule has 0 bridgehead atoms. The SMILES string of the molecule is Clc1ccccc1CNc1cccc(Oc2ccccc2)n1. The van der Waals surface area contributed by atoms with Gasteiger partial charge in [0.15, 0.2) is 0 Å². The lowest BCUT2D eigenvalue weighted by Crippen LogP contribution is -2.02. The second-order valence-electron chi connectivity index (χ2n) is 4.72. The number of benzene rings is 2.